The minimum atomic E-state index is -0.276. The van der Waals surface area contributed by atoms with Crippen molar-refractivity contribution in [2.24, 2.45) is 0 Å². The Kier molecular flexibility index (Phi) is 3.12. The molecule has 0 aliphatic rings. The molecule has 2 nitrogen and oxygen atoms in total. The fraction of sp³-hybridized carbons (Fsp3) is 0.0714. The summed E-state index contributed by atoms with van der Waals surface area (Å²) in [4.78, 5) is 12.7. The van der Waals surface area contributed by atoms with Gasteiger partial charge in [0.2, 0.25) is 0 Å². The van der Waals surface area contributed by atoms with Crippen molar-refractivity contribution in [3.8, 4) is 0 Å². The van der Waals surface area contributed by atoms with Gasteiger partial charge in [-0.05, 0) is 36.4 Å². The van der Waals surface area contributed by atoms with Gasteiger partial charge >= 0.3 is 0 Å². The number of aromatic nitrogens is 1. The highest BCUT2D eigenvalue weighted by Gasteiger charge is 2.11. The summed E-state index contributed by atoms with van der Waals surface area (Å²) < 4.78 is 15.5. The number of nitrogens with zero attached hydrogens (tertiary/aromatic N) is 1. The summed E-state index contributed by atoms with van der Waals surface area (Å²) in [5.74, 6) is -0.277. The van der Waals surface area contributed by atoms with Crippen molar-refractivity contribution in [1.82, 2.24) is 4.57 Å². The molecule has 0 aliphatic heterocycles. The monoisotopic (exact) mass is 293 g/mol. The average Bonchev–Trinajstić information content (AvgIpc) is 2.96. The molecule has 2 heterocycles. The van der Waals surface area contributed by atoms with Crippen molar-refractivity contribution in [3.63, 3.8) is 0 Å². The Balaban J connectivity index is 1.91. The summed E-state index contributed by atoms with van der Waals surface area (Å²) in [6.07, 6.45) is 1.79. The highest BCUT2D eigenvalue weighted by molar-refractivity contribution is 7.18. The first-order chi connectivity index (χ1) is 9.13. The van der Waals surface area contributed by atoms with Crippen LogP contribution in [0.4, 0.5) is 4.39 Å². The molecule has 0 atom stereocenters. The molecule has 0 unspecified atom stereocenters. The highest BCUT2D eigenvalue weighted by Crippen LogP contribution is 2.23. The first kappa shape index (κ1) is 12.4. The van der Waals surface area contributed by atoms with Crippen LogP contribution in [0.25, 0.3) is 10.9 Å². The summed E-state index contributed by atoms with van der Waals surface area (Å²) in [7, 11) is 0. The Morgan fingerprint density at radius 2 is 2.11 bits per heavy atom. The van der Waals surface area contributed by atoms with Gasteiger partial charge in [-0.2, -0.15) is 0 Å². The molecule has 0 saturated heterocycles. The van der Waals surface area contributed by atoms with Crippen molar-refractivity contribution in [2.75, 3.05) is 0 Å². The van der Waals surface area contributed by atoms with Gasteiger partial charge in [0.1, 0.15) is 5.82 Å². The Morgan fingerprint density at radius 3 is 2.84 bits per heavy atom. The van der Waals surface area contributed by atoms with Crippen LogP contribution in [0.1, 0.15) is 9.67 Å². The van der Waals surface area contributed by atoms with E-state index in [4.69, 9.17) is 11.6 Å². The molecule has 1 aromatic carbocycles. The molecule has 0 saturated carbocycles. The average molecular weight is 294 g/mol. The number of rotatable bonds is 3. The van der Waals surface area contributed by atoms with Gasteiger partial charge in [-0.25, -0.2) is 4.39 Å². The SMILES string of the molecule is O=C(Cn1ccc2cc(F)ccc21)c1ccc(Cl)s1. The summed E-state index contributed by atoms with van der Waals surface area (Å²) in [5, 5.41) is 0.789. The number of carbonyl (C=O) groups excluding carboxylic acids is 1. The lowest BCUT2D eigenvalue weighted by Crippen LogP contribution is -2.07. The Bertz CT molecular complexity index is 762. The van der Waals surface area contributed by atoms with Crippen LogP contribution in [0.5, 0.6) is 0 Å². The van der Waals surface area contributed by atoms with Gasteiger partial charge in [0.25, 0.3) is 0 Å². The van der Waals surface area contributed by atoms with Crippen LogP contribution >= 0.6 is 22.9 Å². The number of halogens is 2. The Labute approximate surface area is 118 Å². The summed E-state index contributed by atoms with van der Waals surface area (Å²) >= 11 is 7.08. The normalized spacial score (nSPS) is 11.1. The van der Waals surface area contributed by atoms with E-state index in [1.807, 2.05) is 4.57 Å². The fourth-order valence-corrected chi connectivity index (χ4v) is 2.98. The molecular weight excluding hydrogens is 285 g/mol. The molecule has 0 radical (unpaired) electrons. The number of hydrogen-bond acceptors (Lipinski definition) is 2. The van der Waals surface area contributed by atoms with E-state index in [9.17, 15) is 9.18 Å². The molecule has 0 amide bonds. The van der Waals surface area contributed by atoms with Crippen LogP contribution in [-0.4, -0.2) is 10.4 Å². The second-order valence-electron chi connectivity index (χ2n) is 4.17. The van der Waals surface area contributed by atoms with Crippen LogP contribution < -0.4 is 0 Å². The summed E-state index contributed by atoms with van der Waals surface area (Å²) in [5.41, 5.74) is 0.845. The van der Waals surface area contributed by atoms with Crippen LogP contribution in [0.2, 0.25) is 4.34 Å². The second-order valence-corrected chi connectivity index (χ2v) is 5.89. The second kappa shape index (κ2) is 4.79. The lowest BCUT2D eigenvalue weighted by atomic mass is 10.2. The van der Waals surface area contributed by atoms with Crippen molar-refractivity contribution >= 4 is 39.6 Å². The predicted octanol–water partition coefficient (Wildman–Crippen LogP) is 4.38. The van der Waals surface area contributed by atoms with Gasteiger partial charge in [-0.1, -0.05) is 11.6 Å². The Hall–Kier alpha value is -1.65. The molecule has 0 aliphatic carbocycles. The van der Waals surface area contributed by atoms with Gasteiger partial charge in [-0.3, -0.25) is 4.79 Å². The minimum absolute atomic E-state index is 0.00118. The van der Waals surface area contributed by atoms with E-state index in [2.05, 4.69) is 0 Å². The maximum atomic E-state index is 13.1. The van der Waals surface area contributed by atoms with Crippen LogP contribution in [-0.2, 0) is 6.54 Å². The van der Waals surface area contributed by atoms with E-state index >= 15 is 0 Å². The van der Waals surface area contributed by atoms with Gasteiger partial charge in [0, 0.05) is 17.1 Å². The molecule has 5 heteroatoms. The molecular formula is C14H9ClFNOS. The lowest BCUT2D eigenvalue weighted by Gasteiger charge is -2.03. The number of carbonyl (C=O) groups is 1. The van der Waals surface area contributed by atoms with Crippen molar-refractivity contribution in [3.05, 3.63) is 57.6 Å². The zero-order valence-electron chi connectivity index (χ0n) is 9.77. The molecule has 2 aromatic heterocycles. The van der Waals surface area contributed by atoms with Crippen LogP contribution in [0, 0.1) is 5.82 Å². The highest BCUT2D eigenvalue weighted by atomic mass is 35.5. The smallest absolute Gasteiger partial charge is 0.192 e. The molecule has 3 aromatic rings. The first-order valence-electron chi connectivity index (χ1n) is 5.66. The number of fused-ring (bicyclic) bond motifs is 1. The molecule has 0 spiro atoms. The number of hydrogen-bond donors (Lipinski definition) is 0. The van der Waals surface area contributed by atoms with Crippen LogP contribution in [0.15, 0.2) is 42.6 Å². The zero-order valence-corrected chi connectivity index (χ0v) is 11.3. The van der Waals surface area contributed by atoms with Gasteiger partial charge in [-0.15, -0.1) is 11.3 Å². The van der Waals surface area contributed by atoms with Gasteiger partial charge in [0.15, 0.2) is 5.78 Å². The maximum Gasteiger partial charge on any atom is 0.192 e. The van der Waals surface area contributed by atoms with E-state index in [0.29, 0.717) is 9.21 Å². The summed E-state index contributed by atoms with van der Waals surface area (Å²) in [6, 6.07) is 9.76. The predicted molar refractivity (Wildman–Crippen MR) is 75.6 cm³/mol. The summed E-state index contributed by atoms with van der Waals surface area (Å²) in [6.45, 7) is 0.228. The Morgan fingerprint density at radius 1 is 1.26 bits per heavy atom. The zero-order chi connectivity index (χ0) is 13.4. The molecule has 0 N–H and O–H groups in total. The molecule has 19 heavy (non-hydrogen) atoms. The number of thiophene rings is 1. The van der Waals surface area contributed by atoms with E-state index in [1.165, 1.54) is 23.5 Å². The van der Waals surface area contributed by atoms with Crippen molar-refractivity contribution in [1.29, 1.82) is 0 Å². The van der Waals surface area contributed by atoms with Crippen LogP contribution in [0.3, 0.4) is 0 Å². The third kappa shape index (κ3) is 2.41. The third-order valence-corrected chi connectivity index (χ3v) is 4.17. The quantitative estimate of drug-likeness (QED) is 0.657. The number of benzene rings is 1. The van der Waals surface area contributed by atoms with E-state index in [0.717, 1.165) is 10.9 Å². The lowest BCUT2D eigenvalue weighted by molar-refractivity contribution is 0.0977. The fourth-order valence-electron chi connectivity index (χ4n) is 2.01. The minimum Gasteiger partial charge on any atom is -0.340 e. The van der Waals surface area contributed by atoms with Gasteiger partial charge < -0.3 is 4.57 Å². The van der Waals surface area contributed by atoms with Crippen molar-refractivity contribution < 1.29 is 9.18 Å². The number of Topliss-reactive ketones (excluding diaryl/α,β-unsaturated/α-hetero) is 1. The topological polar surface area (TPSA) is 22.0 Å². The standard InChI is InChI=1S/C14H9ClFNOS/c15-14-4-3-13(19-14)12(18)8-17-6-5-9-7-10(16)1-2-11(9)17/h1-7H,8H2. The van der Waals surface area contributed by atoms with E-state index < -0.39 is 0 Å². The molecule has 0 bridgehead atoms. The van der Waals surface area contributed by atoms with Gasteiger partial charge in [0.05, 0.1) is 15.8 Å². The largest absolute Gasteiger partial charge is 0.340 e. The maximum absolute atomic E-state index is 13.1. The molecule has 0 fully saturated rings. The van der Waals surface area contributed by atoms with E-state index in [1.54, 1.807) is 30.5 Å². The van der Waals surface area contributed by atoms with E-state index in [-0.39, 0.29) is 18.1 Å². The molecule has 3 rings (SSSR count). The first-order valence-corrected chi connectivity index (χ1v) is 6.86. The number of ketones is 1. The third-order valence-electron chi connectivity index (χ3n) is 2.90. The van der Waals surface area contributed by atoms with Crippen molar-refractivity contribution in [2.45, 2.75) is 6.54 Å². The molecule has 96 valence electrons.